The van der Waals surface area contributed by atoms with Gasteiger partial charge in [0.2, 0.25) is 0 Å². The topological polar surface area (TPSA) is 70.0 Å². The highest BCUT2D eigenvalue weighted by molar-refractivity contribution is 6.02. The van der Waals surface area contributed by atoms with Gasteiger partial charge >= 0.3 is 0 Å². The number of benzene rings is 2. The lowest BCUT2D eigenvalue weighted by Crippen LogP contribution is -2.17. The standard InChI is InChI=1S/C23H21N5O/c1-17-2-6-19(7-3-17)22-12-15-28(27-22)21-8-4-18(5-9-21)16-25-26-23(29)20-10-13-24-14-11-20/h2-11,13-14,16H,12,15H2,1H3,(H,26,29)/b25-16+. The van der Waals surface area contributed by atoms with Crippen molar-refractivity contribution < 1.29 is 4.79 Å². The number of aromatic nitrogens is 1. The molecule has 1 N–H and O–H groups in total. The summed E-state index contributed by atoms with van der Waals surface area (Å²) in [5.41, 5.74) is 8.49. The van der Waals surface area contributed by atoms with E-state index in [9.17, 15) is 4.79 Å². The second-order valence-electron chi connectivity index (χ2n) is 6.81. The smallest absolute Gasteiger partial charge is 0.267 e. The highest BCUT2D eigenvalue weighted by Gasteiger charge is 2.17. The molecule has 1 aliphatic rings. The molecule has 2 heterocycles. The zero-order valence-corrected chi connectivity index (χ0v) is 16.1. The van der Waals surface area contributed by atoms with Crippen LogP contribution in [0.3, 0.4) is 0 Å². The van der Waals surface area contributed by atoms with Crippen LogP contribution < -0.4 is 10.4 Å². The number of pyridine rings is 1. The molecule has 1 aliphatic heterocycles. The van der Waals surface area contributed by atoms with E-state index in [0.717, 1.165) is 29.9 Å². The van der Waals surface area contributed by atoms with E-state index < -0.39 is 0 Å². The third-order valence-corrected chi connectivity index (χ3v) is 4.70. The molecule has 1 amide bonds. The Morgan fingerprint density at radius 1 is 1.03 bits per heavy atom. The van der Waals surface area contributed by atoms with E-state index in [1.165, 1.54) is 11.1 Å². The van der Waals surface area contributed by atoms with Crippen molar-refractivity contribution in [2.45, 2.75) is 13.3 Å². The molecule has 4 rings (SSSR count). The maximum atomic E-state index is 12.0. The molecule has 0 bridgehead atoms. The van der Waals surface area contributed by atoms with Crippen LogP contribution in [0.1, 0.15) is 33.5 Å². The van der Waals surface area contributed by atoms with Crippen LogP contribution in [0.2, 0.25) is 0 Å². The van der Waals surface area contributed by atoms with Crippen LogP contribution in [0.4, 0.5) is 5.69 Å². The van der Waals surface area contributed by atoms with Crippen LogP contribution in [0.15, 0.2) is 83.3 Å². The average Bonchev–Trinajstić information content (AvgIpc) is 3.25. The zero-order valence-electron chi connectivity index (χ0n) is 16.1. The highest BCUT2D eigenvalue weighted by Crippen LogP contribution is 2.22. The van der Waals surface area contributed by atoms with E-state index in [1.807, 2.05) is 29.3 Å². The normalized spacial score (nSPS) is 13.6. The first-order valence-corrected chi connectivity index (χ1v) is 9.44. The minimum atomic E-state index is -0.268. The van der Waals surface area contributed by atoms with Gasteiger partial charge in [0.15, 0.2) is 0 Å². The number of hydrogen-bond donors (Lipinski definition) is 1. The van der Waals surface area contributed by atoms with Crippen molar-refractivity contribution in [3.8, 4) is 0 Å². The van der Waals surface area contributed by atoms with Crippen molar-refractivity contribution in [3.05, 3.63) is 95.3 Å². The van der Waals surface area contributed by atoms with Crippen molar-refractivity contribution in [3.63, 3.8) is 0 Å². The maximum Gasteiger partial charge on any atom is 0.271 e. The molecular formula is C23H21N5O. The minimum Gasteiger partial charge on any atom is -0.267 e. The molecule has 29 heavy (non-hydrogen) atoms. The zero-order chi connectivity index (χ0) is 20.1. The van der Waals surface area contributed by atoms with Gasteiger partial charge in [-0.15, -0.1) is 0 Å². The summed E-state index contributed by atoms with van der Waals surface area (Å²) in [6.45, 7) is 2.95. The van der Waals surface area contributed by atoms with Crippen molar-refractivity contribution in [2.24, 2.45) is 10.2 Å². The van der Waals surface area contributed by atoms with E-state index in [0.29, 0.717) is 5.56 Å². The second kappa shape index (κ2) is 8.48. The molecule has 2 aromatic carbocycles. The molecule has 6 heteroatoms. The number of hydrogen-bond acceptors (Lipinski definition) is 5. The third-order valence-electron chi connectivity index (χ3n) is 4.70. The van der Waals surface area contributed by atoms with Gasteiger partial charge in [-0.3, -0.25) is 14.8 Å². The van der Waals surface area contributed by atoms with E-state index in [4.69, 9.17) is 5.10 Å². The summed E-state index contributed by atoms with van der Waals surface area (Å²) in [5, 5.41) is 10.8. The molecule has 1 aromatic heterocycles. The molecule has 0 saturated heterocycles. The van der Waals surface area contributed by atoms with Crippen molar-refractivity contribution in [1.29, 1.82) is 0 Å². The predicted octanol–water partition coefficient (Wildman–Crippen LogP) is 3.77. The molecule has 0 spiro atoms. The van der Waals surface area contributed by atoms with Crippen molar-refractivity contribution in [1.82, 2.24) is 10.4 Å². The van der Waals surface area contributed by atoms with Crippen LogP contribution >= 0.6 is 0 Å². The average molecular weight is 383 g/mol. The molecule has 6 nitrogen and oxygen atoms in total. The fourth-order valence-electron chi connectivity index (χ4n) is 3.06. The lowest BCUT2D eigenvalue weighted by atomic mass is 10.1. The third kappa shape index (κ3) is 4.55. The Morgan fingerprint density at radius 2 is 1.76 bits per heavy atom. The van der Waals surface area contributed by atoms with Crippen LogP contribution in [-0.4, -0.2) is 29.4 Å². The number of aryl methyl sites for hydroxylation is 1. The lowest BCUT2D eigenvalue weighted by Gasteiger charge is -2.13. The van der Waals surface area contributed by atoms with Gasteiger partial charge in [0.25, 0.3) is 5.91 Å². The van der Waals surface area contributed by atoms with Gasteiger partial charge in [0.05, 0.1) is 17.6 Å². The number of rotatable bonds is 5. The number of carbonyl (C=O) groups is 1. The van der Waals surface area contributed by atoms with Gasteiger partial charge in [-0.1, -0.05) is 42.0 Å². The van der Waals surface area contributed by atoms with Gasteiger partial charge < -0.3 is 0 Å². The molecule has 0 unspecified atom stereocenters. The lowest BCUT2D eigenvalue weighted by molar-refractivity contribution is 0.0955. The summed E-state index contributed by atoms with van der Waals surface area (Å²) < 4.78 is 0. The van der Waals surface area contributed by atoms with Crippen LogP contribution in [0.25, 0.3) is 0 Å². The molecule has 3 aromatic rings. The van der Waals surface area contributed by atoms with E-state index in [1.54, 1.807) is 30.7 Å². The first-order valence-electron chi connectivity index (χ1n) is 9.44. The van der Waals surface area contributed by atoms with E-state index in [-0.39, 0.29) is 5.91 Å². The van der Waals surface area contributed by atoms with E-state index >= 15 is 0 Å². The molecule has 144 valence electrons. The number of nitrogens with zero attached hydrogens (tertiary/aromatic N) is 4. The van der Waals surface area contributed by atoms with Crippen molar-refractivity contribution in [2.75, 3.05) is 11.6 Å². The Morgan fingerprint density at radius 3 is 2.48 bits per heavy atom. The summed E-state index contributed by atoms with van der Waals surface area (Å²) in [5.74, 6) is -0.268. The van der Waals surface area contributed by atoms with Gasteiger partial charge in [-0.2, -0.15) is 10.2 Å². The summed E-state index contributed by atoms with van der Waals surface area (Å²) in [4.78, 5) is 15.8. The fourth-order valence-corrected chi connectivity index (χ4v) is 3.06. The minimum absolute atomic E-state index is 0.268. The molecule has 0 fully saturated rings. The van der Waals surface area contributed by atoms with Gasteiger partial charge in [-0.05, 0) is 42.3 Å². The Bertz CT molecular complexity index is 1040. The Kier molecular flexibility index (Phi) is 5.42. The Hall–Kier alpha value is -3.80. The predicted molar refractivity (Wildman–Crippen MR) is 115 cm³/mol. The first kappa shape index (κ1) is 18.6. The number of nitrogens with one attached hydrogen (secondary N) is 1. The molecule has 0 aliphatic carbocycles. The number of carbonyl (C=O) groups excluding carboxylic acids is 1. The summed E-state index contributed by atoms with van der Waals surface area (Å²) in [6.07, 6.45) is 5.69. The fraction of sp³-hybridized carbons (Fsp3) is 0.130. The SMILES string of the molecule is Cc1ccc(C2=NN(c3ccc(/C=N/NC(=O)c4ccncc4)cc3)CC2)cc1. The largest absolute Gasteiger partial charge is 0.271 e. The van der Waals surface area contributed by atoms with E-state index in [2.05, 4.69) is 46.7 Å². The Labute approximate surface area is 169 Å². The molecule has 0 atom stereocenters. The van der Waals surface area contributed by atoms with Crippen LogP contribution in [0.5, 0.6) is 0 Å². The summed E-state index contributed by atoms with van der Waals surface area (Å²) in [7, 11) is 0. The van der Waals surface area contributed by atoms with Gasteiger partial charge in [0.1, 0.15) is 0 Å². The maximum absolute atomic E-state index is 12.0. The number of anilines is 1. The summed E-state index contributed by atoms with van der Waals surface area (Å²) in [6, 6.07) is 19.7. The number of amides is 1. The highest BCUT2D eigenvalue weighted by atomic mass is 16.2. The molecular weight excluding hydrogens is 362 g/mol. The first-order chi connectivity index (χ1) is 14.2. The monoisotopic (exact) mass is 383 g/mol. The quantitative estimate of drug-likeness (QED) is 0.539. The molecule has 0 radical (unpaired) electrons. The number of hydrazone groups is 2. The Balaban J connectivity index is 1.38. The van der Waals surface area contributed by atoms with Gasteiger partial charge in [0, 0.05) is 30.9 Å². The van der Waals surface area contributed by atoms with Crippen LogP contribution in [0, 0.1) is 6.92 Å². The molecule has 0 saturated carbocycles. The van der Waals surface area contributed by atoms with Crippen LogP contribution in [-0.2, 0) is 0 Å². The summed E-state index contributed by atoms with van der Waals surface area (Å²) >= 11 is 0. The van der Waals surface area contributed by atoms with Crippen molar-refractivity contribution >= 4 is 23.5 Å². The van der Waals surface area contributed by atoms with Gasteiger partial charge in [-0.25, -0.2) is 5.43 Å². The second-order valence-corrected chi connectivity index (χ2v) is 6.81.